The van der Waals surface area contributed by atoms with Crippen LogP contribution in [0.5, 0.6) is 0 Å². The molecule has 0 amide bonds. The third kappa shape index (κ3) is 3.60. The van der Waals surface area contributed by atoms with E-state index in [-0.39, 0.29) is 0 Å². The average molecular weight is 328 g/mol. The summed E-state index contributed by atoms with van der Waals surface area (Å²) in [6.45, 7) is 0. The smallest absolute Gasteiger partial charge is 0.229 e. The Bertz CT molecular complexity index is 974. The number of aromatic amines is 1. The van der Waals surface area contributed by atoms with E-state index in [1.807, 2.05) is 24.4 Å². The predicted molar refractivity (Wildman–Crippen MR) is 91.4 cm³/mol. The number of hydrogen-bond donors (Lipinski definition) is 2. The van der Waals surface area contributed by atoms with Gasteiger partial charge in [0, 0.05) is 23.0 Å². The Balaban J connectivity index is 1.91. The van der Waals surface area contributed by atoms with Gasteiger partial charge in [-0.1, -0.05) is 12.1 Å². The van der Waals surface area contributed by atoms with Gasteiger partial charge in [-0.25, -0.2) is 8.42 Å². The molecule has 0 aliphatic carbocycles. The molecule has 3 aromatic rings. The maximum atomic E-state index is 11.3. The summed E-state index contributed by atoms with van der Waals surface area (Å²) in [5.41, 5.74) is 3.88. The van der Waals surface area contributed by atoms with Crippen molar-refractivity contribution in [2.75, 3.05) is 11.0 Å². The molecule has 0 aliphatic heterocycles. The lowest BCUT2D eigenvalue weighted by atomic mass is 9.99. The number of nitrogens with one attached hydrogen (secondary N) is 2. The van der Waals surface area contributed by atoms with Gasteiger partial charge in [0.2, 0.25) is 10.0 Å². The maximum absolute atomic E-state index is 11.3. The number of H-pyrrole nitrogens is 1. The van der Waals surface area contributed by atoms with Gasteiger partial charge in [0.05, 0.1) is 6.26 Å². The number of fused-ring (bicyclic) bond motifs is 1. The molecule has 3 rings (SSSR count). The highest BCUT2D eigenvalue weighted by atomic mass is 32.2. The molecule has 0 atom stereocenters. The van der Waals surface area contributed by atoms with E-state index in [2.05, 4.69) is 15.8 Å². The first-order valence-electron chi connectivity index (χ1n) is 7.06. The molecule has 0 radical (unpaired) electrons. The zero-order chi connectivity index (χ0) is 16.4. The predicted octanol–water partition coefficient (Wildman–Crippen LogP) is 2.94. The first kappa shape index (κ1) is 15.3. The van der Waals surface area contributed by atoms with Crippen molar-refractivity contribution in [3.05, 3.63) is 65.4 Å². The molecule has 1 aromatic heterocycles. The first-order valence-corrected chi connectivity index (χ1v) is 8.96. The zero-order valence-electron chi connectivity index (χ0n) is 12.5. The molecule has 0 spiro atoms. The molecule has 2 N–H and O–H groups in total. The molecule has 5 nitrogen and oxygen atoms in total. The van der Waals surface area contributed by atoms with Crippen molar-refractivity contribution in [3.63, 3.8) is 0 Å². The van der Waals surface area contributed by atoms with E-state index >= 15 is 0 Å². The summed E-state index contributed by atoms with van der Waals surface area (Å²) in [5, 5.41) is 1.12. The lowest BCUT2D eigenvalue weighted by molar-refractivity contribution is 0.112. The van der Waals surface area contributed by atoms with Crippen molar-refractivity contribution in [2.24, 2.45) is 0 Å². The fourth-order valence-corrected chi connectivity index (χ4v) is 3.13. The summed E-state index contributed by atoms with van der Waals surface area (Å²) < 4.78 is 24.9. The van der Waals surface area contributed by atoms with Crippen LogP contribution >= 0.6 is 0 Å². The number of benzene rings is 2. The standard InChI is InChI=1S/C17H16N2O3S/c1-23(21,22)19-16-4-3-13(15(10-16)11-20)8-12-2-5-17-14(9-12)6-7-18-17/h2-7,9-11,18-19H,8H2,1H3. The van der Waals surface area contributed by atoms with Gasteiger partial charge in [0.1, 0.15) is 6.29 Å². The second-order valence-corrected chi connectivity index (χ2v) is 7.23. The van der Waals surface area contributed by atoms with Gasteiger partial charge in [0.15, 0.2) is 0 Å². The zero-order valence-corrected chi connectivity index (χ0v) is 13.4. The fraction of sp³-hybridized carbons (Fsp3) is 0.118. The quantitative estimate of drug-likeness (QED) is 0.707. The third-order valence-electron chi connectivity index (χ3n) is 3.59. The molecule has 0 saturated carbocycles. The minimum Gasteiger partial charge on any atom is -0.361 e. The van der Waals surface area contributed by atoms with Crippen LogP contribution in [-0.4, -0.2) is 25.9 Å². The highest BCUT2D eigenvalue weighted by Gasteiger charge is 2.08. The Morgan fingerprint density at radius 2 is 1.96 bits per heavy atom. The van der Waals surface area contributed by atoms with Gasteiger partial charge in [-0.3, -0.25) is 9.52 Å². The van der Waals surface area contributed by atoms with E-state index in [9.17, 15) is 13.2 Å². The Labute approximate surface area is 134 Å². The second-order valence-electron chi connectivity index (χ2n) is 5.48. The van der Waals surface area contributed by atoms with Crippen molar-refractivity contribution < 1.29 is 13.2 Å². The Morgan fingerprint density at radius 1 is 1.13 bits per heavy atom. The summed E-state index contributed by atoms with van der Waals surface area (Å²) in [6.07, 6.45) is 4.32. The molecule has 0 unspecified atom stereocenters. The molecule has 0 fully saturated rings. The largest absolute Gasteiger partial charge is 0.361 e. The number of hydrogen-bond acceptors (Lipinski definition) is 3. The highest BCUT2D eigenvalue weighted by Crippen LogP contribution is 2.21. The lowest BCUT2D eigenvalue weighted by Gasteiger charge is -2.09. The number of anilines is 1. The van der Waals surface area contributed by atoms with Crippen molar-refractivity contribution >= 4 is 32.9 Å². The van der Waals surface area contributed by atoms with Gasteiger partial charge < -0.3 is 4.98 Å². The molecule has 23 heavy (non-hydrogen) atoms. The average Bonchev–Trinajstić information content (AvgIpc) is 2.95. The first-order chi connectivity index (χ1) is 10.9. The third-order valence-corrected chi connectivity index (χ3v) is 4.19. The Morgan fingerprint density at radius 3 is 2.70 bits per heavy atom. The molecule has 1 heterocycles. The van der Waals surface area contributed by atoms with Crippen LogP contribution < -0.4 is 4.72 Å². The van der Waals surface area contributed by atoms with Crippen LogP contribution in [0.15, 0.2) is 48.7 Å². The van der Waals surface area contributed by atoms with Crippen molar-refractivity contribution in [1.29, 1.82) is 0 Å². The maximum Gasteiger partial charge on any atom is 0.229 e. The van der Waals surface area contributed by atoms with E-state index < -0.39 is 10.0 Å². The highest BCUT2D eigenvalue weighted by molar-refractivity contribution is 7.92. The minimum atomic E-state index is -3.36. The number of carbonyl (C=O) groups is 1. The van der Waals surface area contributed by atoms with E-state index in [4.69, 9.17) is 0 Å². The molecule has 2 aromatic carbocycles. The van der Waals surface area contributed by atoms with Gasteiger partial charge in [-0.15, -0.1) is 0 Å². The Hall–Kier alpha value is -2.60. The molecule has 118 valence electrons. The second kappa shape index (κ2) is 5.89. The van der Waals surface area contributed by atoms with Crippen molar-refractivity contribution in [3.8, 4) is 0 Å². The van der Waals surface area contributed by atoms with Crippen LogP contribution in [0, 0.1) is 0 Å². The van der Waals surface area contributed by atoms with Crippen LogP contribution in [0.3, 0.4) is 0 Å². The summed E-state index contributed by atoms with van der Waals surface area (Å²) in [5.74, 6) is 0. The van der Waals surface area contributed by atoms with Crippen molar-refractivity contribution in [1.82, 2.24) is 4.98 Å². The van der Waals surface area contributed by atoms with Crippen molar-refractivity contribution in [2.45, 2.75) is 6.42 Å². The van der Waals surface area contributed by atoms with Gasteiger partial charge in [-0.2, -0.15) is 0 Å². The fourth-order valence-electron chi connectivity index (χ4n) is 2.58. The molecule has 0 aliphatic rings. The topological polar surface area (TPSA) is 79.0 Å². The summed E-state index contributed by atoms with van der Waals surface area (Å²) in [4.78, 5) is 14.5. The number of aldehydes is 1. The van der Waals surface area contributed by atoms with Gasteiger partial charge >= 0.3 is 0 Å². The SMILES string of the molecule is CS(=O)(=O)Nc1ccc(Cc2ccc3[nH]ccc3c2)c(C=O)c1. The van der Waals surface area contributed by atoms with Crippen LogP contribution in [0.4, 0.5) is 5.69 Å². The molecule has 0 saturated heterocycles. The van der Waals surface area contributed by atoms with Crippen LogP contribution in [0.25, 0.3) is 10.9 Å². The number of aromatic nitrogens is 1. The van der Waals surface area contributed by atoms with E-state index in [0.29, 0.717) is 17.7 Å². The summed E-state index contributed by atoms with van der Waals surface area (Å²) in [6, 6.07) is 13.1. The normalized spacial score (nSPS) is 11.5. The van der Waals surface area contributed by atoms with Gasteiger partial charge in [-0.05, 0) is 53.3 Å². The van der Waals surface area contributed by atoms with E-state index in [0.717, 1.165) is 34.6 Å². The lowest BCUT2D eigenvalue weighted by Crippen LogP contribution is -2.10. The van der Waals surface area contributed by atoms with Crippen LogP contribution in [0.2, 0.25) is 0 Å². The van der Waals surface area contributed by atoms with Crippen LogP contribution in [-0.2, 0) is 16.4 Å². The Kier molecular flexibility index (Phi) is 3.92. The summed E-state index contributed by atoms with van der Waals surface area (Å²) in [7, 11) is -3.36. The van der Waals surface area contributed by atoms with E-state index in [1.165, 1.54) is 0 Å². The molecule has 6 heteroatoms. The number of sulfonamides is 1. The number of rotatable bonds is 5. The van der Waals surface area contributed by atoms with Gasteiger partial charge in [0.25, 0.3) is 0 Å². The monoisotopic (exact) mass is 328 g/mol. The summed E-state index contributed by atoms with van der Waals surface area (Å²) >= 11 is 0. The minimum absolute atomic E-state index is 0.388. The molecule has 0 bridgehead atoms. The number of carbonyl (C=O) groups excluding carboxylic acids is 1. The van der Waals surface area contributed by atoms with E-state index in [1.54, 1.807) is 18.2 Å². The molecular formula is C17H16N2O3S. The van der Waals surface area contributed by atoms with Crippen LogP contribution in [0.1, 0.15) is 21.5 Å². The molecular weight excluding hydrogens is 312 g/mol.